The average molecular weight is 266 g/mol. The van der Waals surface area contributed by atoms with Gasteiger partial charge in [-0.05, 0) is 43.0 Å². The van der Waals surface area contributed by atoms with Crippen molar-refractivity contribution in [1.82, 2.24) is 4.98 Å². The second kappa shape index (κ2) is 5.33. The number of hydrogen-bond donors (Lipinski definition) is 2. The van der Waals surface area contributed by atoms with E-state index in [9.17, 15) is 0 Å². The van der Waals surface area contributed by atoms with Crippen LogP contribution >= 0.6 is 0 Å². The Hall–Kier alpha value is -2.36. The monoisotopic (exact) mass is 266 g/mol. The minimum absolute atomic E-state index is 0.0160. The molecule has 0 saturated heterocycles. The van der Waals surface area contributed by atoms with Gasteiger partial charge in [0.1, 0.15) is 11.5 Å². The van der Waals surface area contributed by atoms with Gasteiger partial charge < -0.3 is 10.6 Å². The third-order valence-corrected chi connectivity index (χ3v) is 3.69. The summed E-state index contributed by atoms with van der Waals surface area (Å²) in [7, 11) is 0. The first kappa shape index (κ1) is 12.7. The first-order valence-corrected chi connectivity index (χ1v) is 6.92. The molecular formula is C16H18N4. The third-order valence-electron chi connectivity index (χ3n) is 3.69. The molecule has 1 aliphatic rings. The van der Waals surface area contributed by atoms with Gasteiger partial charge in [-0.2, -0.15) is 0 Å². The summed E-state index contributed by atoms with van der Waals surface area (Å²) >= 11 is 0. The van der Waals surface area contributed by atoms with Gasteiger partial charge in [-0.15, -0.1) is 0 Å². The van der Waals surface area contributed by atoms with Crippen molar-refractivity contribution in [3.63, 3.8) is 0 Å². The number of aromatic nitrogens is 1. The quantitative estimate of drug-likeness (QED) is 0.649. The number of amidine groups is 1. The van der Waals surface area contributed by atoms with Crippen LogP contribution in [0, 0.1) is 5.41 Å². The van der Waals surface area contributed by atoms with Crippen LogP contribution in [-0.4, -0.2) is 17.4 Å². The number of nitrogens with one attached hydrogen (secondary N) is 1. The van der Waals surface area contributed by atoms with E-state index in [-0.39, 0.29) is 5.84 Å². The number of rotatable bonds is 2. The summed E-state index contributed by atoms with van der Waals surface area (Å²) in [6.45, 7) is 0.934. The molecule has 0 atom stereocenters. The largest absolute Gasteiger partial charge is 0.382 e. The van der Waals surface area contributed by atoms with Gasteiger partial charge in [-0.3, -0.25) is 10.4 Å². The second-order valence-electron chi connectivity index (χ2n) is 5.02. The molecule has 0 aliphatic carbocycles. The number of anilines is 2. The van der Waals surface area contributed by atoms with Gasteiger partial charge in [0.2, 0.25) is 0 Å². The zero-order chi connectivity index (χ0) is 13.9. The maximum absolute atomic E-state index is 7.72. The Bertz CT molecular complexity index is 636. The molecule has 2 heterocycles. The molecule has 1 aliphatic heterocycles. The Morgan fingerprint density at radius 3 is 2.75 bits per heavy atom. The van der Waals surface area contributed by atoms with Crippen LogP contribution in [-0.2, 0) is 6.42 Å². The fourth-order valence-corrected chi connectivity index (χ4v) is 2.76. The van der Waals surface area contributed by atoms with Crippen molar-refractivity contribution >= 4 is 17.2 Å². The van der Waals surface area contributed by atoms with Crippen LogP contribution in [0.1, 0.15) is 24.1 Å². The Kier molecular flexibility index (Phi) is 3.37. The summed E-state index contributed by atoms with van der Waals surface area (Å²) in [5.41, 5.74) is 9.72. The minimum Gasteiger partial charge on any atom is -0.382 e. The predicted molar refractivity (Wildman–Crippen MR) is 81.6 cm³/mol. The van der Waals surface area contributed by atoms with E-state index >= 15 is 0 Å². The first-order chi connectivity index (χ1) is 9.77. The lowest BCUT2D eigenvalue weighted by atomic mass is 10.1. The zero-order valence-corrected chi connectivity index (χ0v) is 11.3. The molecule has 1 aromatic carbocycles. The number of pyridine rings is 1. The van der Waals surface area contributed by atoms with Crippen LogP contribution in [0.15, 0.2) is 42.6 Å². The fourth-order valence-electron chi connectivity index (χ4n) is 2.76. The molecule has 3 N–H and O–H groups in total. The summed E-state index contributed by atoms with van der Waals surface area (Å²) in [5.74, 6) is 0.0160. The third kappa shape index (κ3) is 2.25. The Morgan fingerprint density at radius 1 is 1.10 bits per heavy atom. The Labute approximate surface area is 118 Å². The van der Waals surface area contributed by atoms with E-state index in [1.165, 1.54) is 17.7 Å². The molecule has 0 amide bonds. The predicted octanol–water partition coefficient (Wildman–Crippen LogP) is 2.84. The number of hydrogen-bond acceptors (Lipinski definition) is 3. The van der Waals surface area contributed by atoms with E-state index < -0.39 is 0 Å². The highest BCUT2D eigenvalue weighted by Gasteiger charge is 2.20. The molecule has 0 bridgehead atoms. The maximum Gasteiger partial charge on any atom is 0.143 e. The first-order valence-electron chi connectivity index (χ1n) is 6.92. The number of fused-ring (bicyclic) bond motifs is 1. The molecule has 2 aromatic rings. The Balaban J connectivity index is 2.13. The Morgan fingerprint density at radius 2 is 1.90 bits per heavy atom. The zero-order valence-electron chi connectivity index (χ0n) is 11.3. The van der Waals surface area contributed by atoms with E-state index in [1.807, 2.05) is 12.1 Å². The van der Waals surface area contributed by atoms with Gasteiger partial charge >= 0.3 is 0 Å². The molecule has 0 saturated carbocycles. The van der Waals surface area contributed by atoms with E-state index in [0.29, 0.717) is 5.69 Å². The standard InChI is InChI=1S/C16H18N4/c17-16(18)15-14(9-5-10-19-15)20-11-4-3-7-12-6-1-2-8-13(12)20/h1-2,5-6,8-10H,3-4,7,11H2,(H3,17,18). The van der Waals surface area contributed by atoms with Crippen molar-refractivity contribution in [2.75, 3.05) is 11.4 Å². The normalized spacial score (nSPS) is 14.5. The van der Waals surface area contributed by atoms with Crippen LogP contribution in [0.4, 0.5) is 11.4 Å². The van der Waals surface area contributed by atoms with Gasteiger partial charge in [0.15, 0.2) is 0 Å². The summed E-state index contributed by atoms with van der Waals surface area (Å²) < 4.78 is 0. The number of benzene rings is 1. The van der Waals surface area contributed by atoms with E-state index in [0.717, 1.165) is 25.1 Å². The average Bonchev–Trinajstić information content (AvgIpc) is 2.69. The van der Waals surface area contributed by atoms with Crippen LogP contribution in [0.25, 0.3) is 0 Å². The van der Waals surface area contributed by atoms with Crippen LogP contribution < -0.4 is 10.6 Å². The van der Waals surface area contributed by atoms with Crippen molar-refractivity contribution in [3.8, 4) is 0 Å². The van der Waals surface area contributed by atoms with Crippen molar-refractivity contribution in [3.05, 3.63) is 53.9 Å². The van der Waals surface area contributed by atoms with Gasteiger partial charge in [-0.1, -0.05) is 18.2 Å². The van der Waals surface area contributed by atoms with Crippen molar-refractivity contribution in [2.24, 2.45) is 5.73 Å². The number of aryl methyl sites for hydroxylation is 1. The molecule has 102 valence electrons. The number of para-hydroxylation sites is 1. The van der Waals surface area contributed by atoms with Crippen molar-refractivity contribution < 1.29 is 0 Å². The number of nitrogens with zero attached hydrogens (tertiary/aromatic N) is 2. The lowest BCUT2D eigenvalue weighted by Gasteiger charge is -2.26. The topological polar surface area (TPSA) is 66.0 Å². The molecule has 1 aromatic heterocycles. The second-order valence-corrected chi connectivity index (χ2v) is 5.02. The van der Waals surface area contributed by atoms with Gasteiger partial charge in [0.05, 0.1) is 5.69 Å². The fraction of sp³-hybridized carbons (Fsp3) is 0.250. The summed E-state index contributed by atoms with van der Waals surface area (Å²) in [6, 6.07) is 12.3. The lowest BCUT2D eigenvalue weighted by Crippen LogP contribution is -2.23. The van der Waals surface area contributed by atoms with E-state index in [1.54, 1.807) is 6.20 Å². The molecule has 0 radical (unpaired) electrons. The van der Waals surface area contributed by atoms with Crippen LogP contribution in [0.5, 0.6) is 0 Å². The van der Waals surface area contributed by atoms with Crippen LogP contribution in [0.3, 0.4) is 0 Å². The molecule has 4 nitrogen and oxygen atoms in total. The van der Waals surface area contributed by atoms with Gasteiger partial charge in [-0.25, -0.2) is 0 Å². The molecule has 3 rings (SSSR count). The molecule has 0 unspecified atom stereocenters. The number of nitrogens with two attached hydrogens (primary N) is 1. The molecular weight excluding hydrogens is 248 g/mol. The van der Waals surface area contributed by atoms with Crippen molar-refractivity contribution in [2.45, 2.75) is 19.3 Å². The minimum atomic E-state index is 0.0160. The number of nitrogen functional groups attached to an aromatic ring is 1. The highest BCUT2D eigenvalue weighted by atomic mass is 15.2. The SMILES string of the molecule is N=C(N)c1ncccc1N1CCCCc2ccccc21. The summed E-state index contributed by atoms with van der Waals surface area (Å²) in [6.07, 6.45) is 5.09. The maximum atomic E-state index is 7.72. The summed E-state index contributed by atoms with van der Waals surface area (Å²) in [4.78, 5) is 6.51. The van der Waals surface area contributed by atoms with E-state index in [4.69, 9.17) is 11.1 Å². The molecule has 0 fully saturated rings. The highest BCUT2D eigenvalue weighted by molar-refractivity contribution is 5.99. The smallest absolute Gasteiger partial charge is 0.143 e. The summed E-state index contributed by atoms with van der Waals surface area (Å²) in [5, 5.41) is 7.72. The highest BCUT2D eigenvalue weighted by Crippen LogP contribution is 2.33. The van der Waals surface area contributed by atoms with Gasteiger partial charge in [0.25, 0.3) is 0 Å². The van der Waals surface area contributed by atoms with Crippen LogP contribution in [0.2, 0.25) is 0 Å². The van der Waals surface area contributed by atoms with Crippen molar-refractivity contribution in [1.29, 1.82) is 5.41 Å². The molecule has 0 spiro atoms. The molecule has 4 heteroatoms. The lowest BCUT2D eigenvalue weighted by molar-refractivity contribution is 0.760. The van der Waals surface area contributed by atoms with Gasteiger partial charge in [0, 0.05) is 18.4 Å². The molecule has 20 heavy (non-hydrogen) atoms. The van der Waals surface area contributed by atoms with E-state index in [2.05, 4.69) is 34.1 Å².